The smallest absolute Gasteiger partial charge is 0.159 e. The van der Waals surface area contributed by atoms with Crippen molar-refractivity contribution < 1.29 is 0 Å². The summed E-state index contributed by atoms with van der Waals surface area (Å²) in [6.45, 7) is 13.4. The number of rotatable bonds is 2. The van der Waals surface area contributed by atoms with Crippen molar-refractivity contribution in [2.45, 2.75) is 52.5 Å². The summed E-state index contributed by atoms with van der Waals surface area (Å²) in [7, 11) is 2.20. The van der Waals surface area contributed by atoms with Gasteiger partial charge in [0.15, 0.2) is 5.82 Å². The fourth-order valence-corrected chi connectivity index (χ4v) is 3.47. The molecule has 2 aromatic rings. The van der Waals surface area contributed by atoms with E-state index in [9.17, 15) is 0 Å². The van der Waals surface area contributed by atoms with Crippen LogP contribution in [0.5, 0.6) is 0 Å². The van der Waals surface area contributed by atoms with Crippen LogP contribution in [0.2, 0.25) is 0 Å². The summed E-state index contributed by atoms with van der Waals surface area (Å²) in [5.74, 6) is 1.06. The quantitative estimate of drug-likeness (QED) is 0.849. The minimum absolute atomic E-state index is 0.0986. The molecule has 1 fully saturated rings. The highest BCUT2D eigenvalue weighted by Crippen LogP contribution is 2.31. The molecule has 3 rings (SSSR count). The van der Waals surface area contributed by atoms with E-state index < -0.39 is 0 Å². The Labute approximate surface area is 133 Å². The molecule has 120 valence electrons. The van der Waals surface area contributed by atoms with Crippen LogP contribution in [-0.2, 0) is 5.41 Å². The van der Waals surface area contributed by atoms with Crippen LogP contribution in [0.4, 0.5) is 0 Å². The van der Waals surface area contributed by atoms with Crippen LogP contribution in [0.25, 0.3) is 5.82 Å². The Morgan fingerprint density at radius 2 is 1.77 bits per heavy atom. The molecule has 0 aliphatic carbocycles. The zero-order valence-electron chi connectivity index (χ0n) is 14.7. The van der Waals surface area contributed by atoms with Crippen molar-refractivity contribution in [1.82, 2.24) is 19.2 Å². The van der Waals surface area contributed by atoms with Gasteiger partial charge in [-0.15, -0.1) is 0 Å². The Bertz CT molecular complexity index is 652. The molecule has 0 spiro atoms. The lowest BCUT2D eigenvalue weighted by Crippen LogP contribution is -2.24. The van der Waals surface area contributed by atoms with Crippen molar-refractivity contribution in [3.8, 4) is 5.82 Å². The van der Waals surface area contributed by atoms with Crippen LogP contribution >= 0.6 is 0 Å². The molecule has 0 radical (unpaired) electrons. The van der Waals surface area contributed by atoms with Gasteiger partial charge in [0.1, 0.15) is 0 Å². The third-order valence-electron chi connectivity index (χ3n) is 4.70. The van der Waals surface area contributed by atoms with E-state index >= 15 is 0 Å². The summed E-state index contributed by atoms with van der Waals surface area (Å²) in [6, 6.07) is 7.09. The lowest BCUT2D eigenvalue weighted by Gasteiger charge is -2.23. The molecule has 3 heterocycles. The van der Waals surface area contributed by atoms with E-state index in [0.717, 1.165) is 18.9 Å². The minimum Gasteiger partial charge on any atom is -0.304 e. The topological polar surface area (TPSA) is 26.0 Å². The van der Waals surface area contributed by atoms with Gasteiger partial charge < -0.3 is 9.47 Å². The second-order valence-electron chi connectivity index (χ2n) is 7.74. The van der Waals surface area contributed by atoms with Crippen molar-refractivity contribution >= 4 is 0 Å². The van der Waals surface area contributed by atoms with Crippen LogP contribution in [0.3, 0.4) is 0 Å². The van der Waals surface area contributed by atoms with Crippen molar-refractivity contribution in [3.63, 3.8) is 0 Å². The highest BCUT2D eigenvalue weighted by atomic mass is 15.4. The van der Waals surface area contributed by atoms with Gasteiger partial charge in [0.05, 0.1) is 6.04 Å². The average Bonchev–Trinajstić information content (AvgIpc) is 3.08. The number of hydrogen-bond acceptors (Lipinski definition) is 2. The van der Waals surface area contributed by atoms with Gasteiger partial charge in [0.2, 0.25) is 0 Å². The Kier molecular flexibility index (Phi) is 3.68. The number of likely N-dealkylation sites (tertiary alicyclic amines) is 1. The predicted octanol–water partition coefficient (Wildman–Crippen LogP) is 3.46. The molecular formula is C18H28N4. The molecule has 22 heavy (non-hydrogen) atoms. The normalized spacial score (nSPS) is 20.0. The Morgan fingerprint density at radius 3 is 2.27 bits per heavy atom. The van der Waals surface area contributed by atoms with E-state index in [-0.39, 0.29) is 5.41 Å². The molecule has 1 aliphatic heterocycles. The van der Waals surface area contributed by atoms with Gasteiger partial charge in [-0.1, -0.05) is 20.8 Å². The van der Waals surface area contributed by atoms with Crippen LogP contribution in [-0.4, -0.2) is 39.4 Å². The molecule has 1 aliphatic rings. The van der Waals surface area contributed by atoms with Gasteiger partial charge in [0, 0.05) is 35.1 Å². The largest absolute Gasteiger partial charge is 0.304 e. The first kappa shape index (κ1) is 15.3. The van der Waals surface area contributed by atoms with Crippen molar-refractivity contribution in [2.24, 2.45) is 0 Å². The van der Waals surface area contributed by atoms with E-state index in [4.69, 9.17) is 5.10 Å². The van der Waals surface area contributed by atoms with Gasteiger partial charge in [0.25, 0.3) is 0 Å². The molecule has 4 heteroatoms. The Hall–Kier alpha value is -1.55. The van der Waals surface area contributed by atoms with Crippen molar-refractivity contribution in [3.05, 3.63) is 35.3 Å². The molecule has 1 saturated heterocycles. The highest BCUT2D eigenvalue weighted by molar-refractivity contribution is 5.35. The number of nitrogens with zero attached hydrogens (tertiary/aromatic N) is 4. The van der Waals surface area contributed by atoms with E-state index in [1.807, 2.05) is 0 Å². The third kappa shape index (κ3) is 2.60. The zero-order valence-corrected chi connectivity index (χ0v) is 14.7. The van der Waals surface area contributed by atoms with Crippen LogP contribution in [0.15, 0.2) is 18.2 Å². The van der Waals surface area contributed by atoms with Gasteiger partial charge in [-0.05, 0) is 46.0 Å². The zero-order chi connectivity index (χ0) is 16.1. The minimum atomic E-state index is 0.0986. The van der Waals surface area contributed by atoms with Crippen molar-refractivity contribution in [2.75, 3.05) is 20.1 Å². The van der Waals surface area contributed by atoms with Crippen LogP contribution < -0.4 is 0 Å². The monoisotopic (exact) mass is 300 g/mol. The van der Waals surface area contributed by atoms with Crippen LogP contribution in [0.1, 0.15) is 50.3 Å². The fraction of sp³-hybridized carbons (Fsp3) is 0.611. The van der Waals surface area contributed by atoms with Gasteiger partial charge >= 0.3 is 0 Å². The van der Waals surface area contributed by atoms with Crippen LogP contribution in [0, 0.1) is 13.8 Å². The number of aryl methyl sites for hydroxylation is 2. The maximum Gasteiger partial charge on any atom is 0.159 e. The second kappa shape index (κ2) is 5.27. The molecule has 0 saturated carbocycles. The first-order valence-corrected chi connectivity index (χ1v) is 8.21. The molecule has 1 atom stereocenters. The third-order valence-corrected chi connectivity index (χ3v) is 4.70. The molecular weight excluding hydrogens is 272 g/mol. The molecule has 4 nitrogen and oxygen atoms in total. The second-order valence-corrected chi connectivity index (χ2v) is 7.74. The molecule has 0 aromatic carbocycles. The molecule has 0 bridgehead atoms. The van der Waals surface area contributed by atoms with Gasteiger partial charge in [-0.3, -0.25) is 4.68 Å². The molecule has 0 amide bonds. The summed E-state index contributed by atoms with van der Waals surface area (Å²) in [5.41, 5.74) is 3.91. The number of hydrogen-bond donors (Lipinski definition) is 0. The summed E-state index contributed by atoms with van der Waals surface area (Å²) in [4.78, 5) is 2.39. The average molecular weight is 300 g/mol. The maximum absolute atomic E-state index is 5.01. The molecule has 0 unspecified atom stereocenters. The lowest BCUT2D eigenvalue weighted by molar-refractivity contribution is 0.366. The highest BCUT2D eigenvalue weighted by Gasteiger charge is 2.29. The Morgan fingerprint density at radius 1 is 1.14 bits per heavy atom. The summed E-state index contributed by atoms with van der Waals surface area (Å²) < 4.78 is 4.54. The first-order chi connectivity index (χ1) is 10.3. The SMILES string of the molecule is Cc1ccc(C)n1-c1cc(C(C)(C)C)n([C@@H]2CCN(C)C2)n1. The van der Waals surface area contributed by atoms with Gasteiger partial charge in [-0.25, -0.2) is 0 Å². The Balaban J connectivity index is 2.09. The molecule has 2 aromatic heterocycles. The lowest BCUT2D eigenvalue weighted by atomic mass is 9.91. The molecule has 0 N–H and O–H groups in total. The van der Waals surface area contributed by atoms with E-state index in [1.54, 1.807) is 0 Å². The van der Waals surface area contributed by atoms with E-state index in [0.29, 0.717) is 6.04 Å². The number of likely N-dealkylation sites (N-methyl/N-ethyl adjacent to an activating group) is 1. The maximum atomic E-state index is 5.01. The summed E-state index contributed by atoms with van der Waals surface area (Å²) >= 11 is 0. The fourth-order valence-electron chi connectivity index (χ4n) is 3.47. The van der Waals surface area contributed by atoms with E-state index in [2.05, 4.69) is 74.0 Å². The van der Waals surface area contributed by atoms with Gasteiger partial charge in [-0.2, -0.15) is 5.10 Å². The summed E-state index contributed by atoms with van der Waals surface area (Å²) in [5, 5.41) is 5.01. The summed E-state index contributed by atoms with van der Waals surface area (Å²) in [6.07, 6.45) is 1.18. The van der Waals surface area contributed by atoms with Crippen molar-refractivity contribution in [1.29, 1.82) is 0 Å². The first-order valence-electron chi connectivity index (χ1n) is 8.21. The van der Waals surface area contributed by atoms with E-state index in [1.165, 1.54) is 23.5 Å². The predicted molar refractivity (Wildman–Crippen MR) is 90.9 cm³/mol. The standard InChI is InChI=1S/C18H28N4/c1-13-7-8-14(2)21(13)17-11-16(18(3,4)5)22(19-17)15-9-10-20(6)12-15/h7-8,11,15H,9-10,12H2,1-6H3/t15-/m1/s1. The number of aromatic nitrogens is 3.